The maximum absolute atomic E-state index is 5.93. The molecule has 8 nitrogen and oxygen atoms in total. The Labute approximate surface area is 163 Å². The highest BCUT2D eigenvalue weighted by Gasteiger charge is 2.16. The topological polar surface area (TPSA) is 83.3 Å². The standard InChI is InChI=1S/C20H23N5O3/c1-26-19-12-15(13-21-14-17-8-5-11-27-17)9-10-18(19)28-20-22-23-24-25(20)16-6-3-2-4-7-16/h2-4,6-7,9-10,12,17,21H,5,8,11,13-14H2,1H3/t17-/m0/s1. The lowest BCUT2D eigenvalue weighted by Gasteiger charge is -2.13. The van der Waals surface area contributed by atoms with E-state index in [0.29, 0.717) is 17.6 Å². The first-order valence-electron chi connectivity index (χ1n) is 9.34. The number of hydrogen-bond acceptors (Lipinski definition) is 7. The molecule has 0 unspecified atom stereocenters. The van der Waals surface area contributed by atoms with Crippen LogP contribution in [-0.2, 0) is 11.3 Å². The number of benzene rings is 2. The second-order valence-corrected chi connectivity index (χ2v) is 6.56. The van der Waals surface area contributed by atoms with Gasteiger partial charge in [0.1, 0.15) is 0 Å². The third-order valence-electron chi connectivity index (χ3n) is 4.60. The van der Waals surface area contributed by atoms with Gasteiger partial charge in [-0.1, -0.05) is 29.4 Å². The largest absolute Gasteiger partial charge is 0.493 e. The highest BCUT2D eigenvalue weighted by molar-refractivity contribution is 5.44. The average molecular weight is 381 g/mol. The van der Waals surface area contributed by atoms with Crippen LogP contribution in [0.1, 0.15) is 18.4 Å². The smallest absolute Gasteiger partial charge is 0.346 e. The summed E-state index contributed by atoms with van der Waals surface area (Å²) < 4.78 is 18.6. The fourth-order valence-electron chi connectivity index (χ4n) is 3.16. The summed E-state index contributed by atoms with van der Waals surface area (Å²) in [4.78, 5) is 0. The fraction of sp³-hybridized carbons (Fsp3) is 0.350. The van der Waals surface area contributed by atoms with Crippen molar-refractivity contribution >= 4 is 0 Å². The molecule has 1 atom stereocenters. The molecule has 2 aromatic carbocycles. The Balaban J connectivity index is 1.44. The lowest BCUT2D eigenvalue weighted by molar-refractivity contribution is 0.110. The number of rotatable bonds is 8. The van der Waals surface area contributed by atoms with Crippen LogP contribution in [0.3, 0.4) is 0 Å². The third-order valence-corrected chi connectivity index (χ3v) is 4.60. The molecule has 28 heavy (non-hydrogen) atoms. The molecule has 1 aliphatic heterocycles. The molecule has 0 saturated carbocycles. The summed E-state index contributed by atoms with van der Waals surface area (Å²) in [7, 11) is 1.62. The van der Waals surface area contributed by atoms with Gasteiger partial charge in [0, 0.05) is 19.7 Å². The summed E-state index contributed by atoms with van der Waals surface area (Å²) in [5, 5.41) is 15.1. The van der Waals surface area contributed by atoms with Gasteiger partial charge in [0.25, 0.3) is 0 Å². The monoisotopic (exact) mass is 381 g/mol. The molecule has 0 amide bonds. The van der Waals surface area contributed by atoms with Crippen molar-refractivity contribution in [3.05, 3.63) is 54.1 Å². The van der Waals surface area contributed by atoms with Crippen LogP contribution in [0.15, 0.2) is 48.5 Å². The van der Waals surface area contributed by atoms with Crippen molar-refractivity contribution in [2.45, 2.75) is 25.5 Å². The highest BCUT2D eigenvalue weighted by Crippen LogP contribution is 2.32. The van der Waals surface area contributed by atoms with E-state index in [1.807, 2.05) is 48.5 Å². The molecule has 0 aliphatic carbocycles. The van der Waals surface area contributed by atoms with Gasteiger partial charge in [-0.25, -0.2) is 0 Å². The molecular weight excluding hydrogens is 358 g/mol. The third kappa shape index (κ3) is 4.29. The van der Waals surface area contributed by atoms with Gasteiger partial charge in [-0.3, -0.25) is 0 Å². The van der Waals surface area contributed by atoms with Gasteiger partial charge in [0.15, 0.2) is 11.5 Å². The van der Waals surface area contributed by atoms with Crippen LogP contribution in [0, 0.1) is 0 Å². The molecule has 4 rings (SSSR count). The van der Waals surface area contributed by atoms with E-state index in [1.54, 1.807) is 7.11 Å². The molecule has 0 spiro atoms. The second-order valence-electron chi connectivity index (χ2n) is 6.56. The number of para-hydroxylation sites is 1. The molecule has 1 aromatic heterocycles. The van der Waals surface area contributed by atoms with Crippen molar-refractivity contribution in [2.75, 3.05) is 20.3 Å². The molecular formula is C20H23N5O3. The number of methoxy groups -OCH3 is 1. The maximum atomic E-state index is 5.93. The predicted molar refractivity (Wildman–Crippen MR) is 103 cm³/mol. The van der Waals surface area contributed by atoms with E-state index in [2.05, 4.69) is 20.8 Å². The Kier molecular flexibility index (Phi) is 5.79. The van der Waals surface area contributed by atoms with Crippen LogP contribution in [0.25, 0.3) is 5.69 Å². The minimum absolute atomic E-state index is 0.272. The Bertz CT molecular complexity index is 894. The summed E-state index contributed by atoms with van der Waals surface area (Å²) in [5.41, 5.74) is 1.92. The molecule has 3 aromatic rings. The number of ether oxygens (including phenoxy) is 3. The van der Waals surface area contributed by atoms with Gasteiger partial charge in [0.05, 0.1) is 18.9 Å². The van der Waals surface area contributed by atoms with Crippen LogP contribution in [-0.4, -0.2) is 46.6 Å². The Hall–Kier alpha value is -2.97. The summed E-state index contributed by atoms with van der Waals surface area (Å²) in [6, 6.07) is 15.7. The number of nitrogens with one attached hydrogen (secondary N) is 1. The van der Waals surface area contributed by atoms with Crippen LogP contribution >= 0.6 is 0 Å². The van der Waals surface area contributed by atoms with Crippen LogP contribution < -0.4 is 14.8 Å². The minimum Gasteiger partial charge on any atom is -0.493 e. The molecule has 0 bridgehead atoms. The van der Waals surface area contributed by atoms with Crippen molar-refractivity contribution < 1.29 is 14.2 Å². The number of tetrazole rings is 1. The lowest BCUT2D eigenvalue weighted by atomic mass is 10.2. The summed E-state index contributed by atoms with van der Waals surface area (Å²) in [5.74, 6) is 1.18. The fourth-order valence-corrected chi connectivity index (χ4v) is 3.16. The molecule has 0 radical (unpaired) electrons. The predicted octanol–water partition coefficient (Wildman–Crippen LogP) is 2.73. The lowest BCUT2D eigenvalue weighted by Crippen LogP contribution is -2.25. The van der Waals surface area contributed by atoms with Crippen molar-refractivity contribution in [3.63, 3.8) is 0 Å². The number of nitrogens with zero attached hydrogens (tertiary/aromatic N) is 4. The zero-order valence-corrected chi connectivity index (χ0v) is 15.7. The molecule has 1 aliphatic rings. The molecule has 2 heterocycles. The van der Waals surface area contributed by atoms with E-state index in [0.717, 1.165) is 43.8 Å². The Morgan fingerprint density at radius 1 is 1.18 bits per heavy atom. The quantitative estimate of drug-likeness (QED) is 0.642. The van der Waals surface area contributed by atoms with Crippen molar-refractivity contribution in [1.29, 1.82) is 0 Å². The number of hydrogen-bond donors (Lipinski definition) is 1. The van der Waals surface area contributed by atoms with Gasteiger partial charge >= 0.3 is 6.01 Å². The van der Waals surface area contributed by atoms with Gasteiger partial charge < -0.3 is 19.5 Å². The molecule has 1 saturated heterocycles. The first-order chi connectivity index (χ1) is 13.8. The van der Waals surface area contributed by atoms with E-state index in [4.69, 9.17) is 14.2 Å². The van der Waals surface area contributed by atoms with Crippen LogP contribution in [0.2, 0.25) is 0 Å². The Morgan fingerprint density at radius 3 is 2.86 bits per heavy atom. The molecule has 1 fully saturated rings. The summed E-state index contributed by atoms with van der Waals surface area (Å²) in [6.45, 7) is 2.46. The van der Waals surface area contributed by atoms with E-state index in [1.165, 1.54) is 4.68 Å². The molecule has 1 N–H and O–H groups in total. The molecule has 146 valence electrons. The first-order valence-corrected chi connectivity index (χ1v) is 9.34. The SMILES string of the molecule is COc1cc(CNC[C@@H]2CCCO2)ccc1Oc1nnnn1-c1ccccc1. The van der Waals surface area contributed by atoms with Crippen LogP contribution in [0.4, 0.5) is 0 Å². The highest BCUT2D eigenvalue weighted by atomic mass is 16.5. The normalized spacial score (nSPS) is 16.2. The van der Waals surface area contributed by atoms with E-state index >= 15 is 0 Å². The van der Waals surface area contributed by atoms with Crippen molar-refractivity contribution in [1.82, 2.24) is 25.5 Å². The van der Waals surface area contributed by atoms with Gasteiger partial charge in [-0.15, -0.1) is 0 Å². The zero-order chi connectivity index (χ0) is 19.2. The summed E-state index contributed by atoms with van der Waals surface area (Å²) in [6.07, 6.45) is 2.59. The average Bonchev–Trinajstić information content (AvgIpc) is 3.42. The van der Waals surface area contributed by atoms with Crippen LogP contribution in [0.5, 0.6) is 17.5 Å². The zero-order valence-electron chi connectivity index (χ0n) is 15.7. The first kappa shape index (κ1) is 18.4. The summed E-state index contributed by atoms with van der Waals surface area (Å²) >= 11 is 0. The maximum Gasteiger partial charge on any atom is 0.346 e. The Morgan fingerprint density at radius 2 is 2.07 bits per heavy atom. The second kappa shape index (κ2) is 8.81. The molecule has 8 heteroatoms. The van der Waals surface area contributed by atoms with E-state index in [-0.39, 0.29) is 6.01 Å². The van der Waals surface area contributed by atoms with Gasteiger partial charge in [0.2, 0.25) is 0 Å². The van der Waals surface area contributed by atoms with E-state index in [9.17, 15) is 0 Å². The van der Waals surface area contributed by atoms with Crippen molar-refractivity contribution in [3.8, 4) is 23.2 Å². The van der Waals surface area contributed by atoms with Gasteiger partial charge in [-0.2, -0.15) is 4.68 Å². The van der Waals surface area contributed by atoms with E-state index < -0.39 is 0 Å². The minimum atomic E-state index is 0.272. The van der Waals surface area contributed by atoms with Gasteiger partial charge in [-0.05, 0) is 53.1 Å². The van der Waals surface area contributed by atoms with Crippen molar-refractivity contribution in [2.24, 2.45) is 0 Å². The number of aromatic nitrogens is 4.